The molecule has 0 aliphatic rings. The van der Waals surface area contributed by atoms with E-state index in [1.807, 2.05) is 43.3 Å². The van der Waals surface area contributed by atoms with Gasteiger partial charge in [-0.2, -0.15) is 5.10 Å². The average Bonchev–Trinajstić information content (AvgIpc) is 2.62. The van der Waals surface area contributed by atoms with Gasteiger partial charge in [0.1, 0.15) is 11.4 Å². The Labute approximate surface area is 145 Å². The van der Waals surface area contributed by atoms with E-state index >= 15 is 0 Å². The number of hydrogen-bond acceptors (Lipinski definition) is 3. The lowest BCUT2D eigenvalue weighted by molar-refractivity contribution is 0.340. The molecule has 2 aromatic rings. The van der Waals surface area contributed by atoms with Crippen molar-refractivity contribution in [3.8, 4) is 17.6 Å². The van der Waals surface area contributed by atoms with Crippen LogP contribution in [-0.2, 0) is 6.42 Å². The maximum Gasteiger partial charge on any atom is 0.136 e. The lowest BCUT2D eigenvalue weighted by Gasteiger charge is -2.01. The van der Waals surface area contributed by atoms with E-state index in [1.165, 1.54) is 32.1 Å². The largest absolute Gasteiger partial charge is 0.494 e. The van der Waals surface area contributed by atoms with Crippen LogP contribution < -0.4 is 4.74 Å². The first kappa shape index (κ1) is 18.0. The third-order valence-corrected chi connectivity index (χ3v) is 3.76. The normalized spacial score (nSPS) is 10.1. The predicted octanol–water partition coefficient (Wildman–Crippen LogP) is 4.79. The minimum atomic E-state index is 0.672. The fourth-order valence-electron chi connectivity index (χ4n) is 2.41. The van der Waals surface area contributed by atoms with E-state index in [0.29, 0.717) is 12.3 Å². The van der Waals surface area contributed by atoms with Crippen LogP contribution in [0, 0.1) is 11.8 Å². The molecular weight excluding hydrogens is 296 g/mol. The number of ether oxygens (including phenoxy) is 1. The van der Waals surface area contributed by atoms with Gasteiger partial charge in [0, 0.05) is 5.56 Å². The summed E-state index contributed by atoms with van der Waals surface area (Å²) in [5.41, 5.74) is 2.71. The van der Waals surface area contributed by atoms with Gasteiger partial charge in [0.25, 0.3) is 0 Å². The highest BCUT2D eigenvalue weighted by Gasteiger charge is 1.97. The van der Waals surface area contributed by atoms with Crippen molar-refractivity contribution in [1.82, 2.24) is 10.2 Å². The molecule has 3 heteroatoms. The van der Waals surface area contributed by atoms with E-state index in [9.17, 15) is 0 Å². The van der Waals surface area contributed by atoms with Crippen LogP contribution >= 0.6 is 0 Å². The lowest BCUT2D eigenvalue weighted by atomic mass is 10.1. The zero-order chi connectivity index (χ0) is 17.0. The molecule has 24 heavy (non-hydrogen) atoms. The van der Waals surface area contributed by atoms with Gasteiger partial charge >= 0.3 is 0 Å². The molecule has 0 unspecified atom stereocenters. The van der Waals surface area contributed by atoms with Gasteiger partial charge in [-0.3, -0.25) is 0 Å². The van der Waals surface area contributed by atoms with Gasteiger partial charge < -0.3 is 4.74 Å². The van der Waals surface area contributed by atoms with E-state index in [2.05, 4.69) is 29.0 Å². The van der Waals surface area contributed by atoms with Gasteiger partial charge in [-0.25, -0.2) is 0 Å². The van der Waals surface area contributed by atoms with Gasteiger partial charge in [-0.1, -0.05) is 38.5 Å². The number of unbranched alkanes of at least 4 members (excludes halogenated alkanes) is 4. The van der Waals surface area contributed by atoms with Crippen molar-refractivity contribution < 1.29 is 4.74 Å². The summed E-state index contributed by atoms with van der Waals surface area (Å²) in [5.74, 6) is 7.03. The molecule has 0 spiro atoms. The van der Waals surface area contributed by atoms with Crippen LogP contribution in [0.3, 0.4) is 0 Å². The van der Waals surface area contributed by atoms with Crippen LogP contribution in [0.15, 0.2) is 36.4 Å². The van der Waals surface area contributed by atoms with Crippen molar-refractivity contribution in [3.63, 3.8) is 0 Å². The Balaban J connectivity index is 1.85. The monoisotopic (exact) mass is 322 g/mol. The molecule has 0 saturated carbocycles. The number of nitrogens with zero attached hydrogens (tertiary/aromatic N) is 2. The zero-order valence-electron chi connectivity index (χ0n) is 14.7. The summed E-state index contributed by atoms with van der Waals surface area (Å²) >= 11 is 0. The van der Waals surface area contributed by atoms with E-state index < -0.39 is 0 Å². The number of aryl methyl sites for hydroxylation is 1. The van der Waals surface area contributed by atoms with Crippen LogP contribution in [0.5, 0.6) is 5.75 Å². The van der Waals surface area contributed by atoms with Crippen molar-refractivity contribution in [2.75, 3.05) is 6.61 Å². The molecule has 0 fully saturated rings. The summed E-state index contributed by atoms with van der Waals surface area (Å²) in [6.45, 7) is 4.88. The Morgan fingerprint density at radius 3 is 2.29 bits per heavy atom. The third-order valence-electron chi connectivity index (χ3n) is 3.76. The number of rotatable bonds is 8. The summed E-state index contributed by atoms with van der Waals surface area (Å²) in [6, 6.07) is 11.8. The molecule has 126 valence electrons. The lowest BCUT2D eigenvalue weighted by Crippen LogP contribution is -1.95. The van der Waals surface area contributed by atoms with Gasteiger partial charge in [-0.05, 0) is 62.1 Å². The molecule has 0 N–H and O–H groups in total. The highest BCUT2D eigenvalue weighted by molar-refractivity contribution is 5.42. The maximum absolute atomic E-state index is 5.42. The van der Waals surface area contributed by atoms with Crippen molar-refractivity contribution in [2.45, 2.75) is 52.4 Å². The Morgan fingerprint density at radius 1 is 0.833 bits per heavy atom. The Kier molecular flexibility index (Phi) is 7.83. The van der Waals surface area contributed by atoms with Crippen LogP contribution in [-0.4, -0.2) is 16.8 Å². The smallest absolute Gasteiger partial charge is 0.136 e. The van der Waals surface area contributed by atoms with Gasteiger partial charge in [0.05, 0.1) is 12.3 Å². The number of aromatic nitrogens is 2. The van der Waals surface area contributed by atoms with E-state index in [0.717, 1.165) is 23.4 Å². The first-order valence-corrected chi connectivity index (χ1v) is 8.89. The van der Waals surface area contributed by atoms with Crippen molar-refractivity contribution >= 4 is 0 Å². The fourth-order valence-corrected chi connectivity index (χ4v) is 2.41. The third kappa shape index (κ3) is 6.42. The molecule has 0 atom stereocenters. The van der Waals surface area contributed by atoms with Crippen molar-refractivity contribution in [1.29, 1.82) is 0 Å². The van der Waals surface area contributed by atoms with Crippen LogP contribution in [0.1, 0.15) is 62.9 Å². The Morgan fingerprint density at radius 2 is 1.62 bits per heavy atom. The molecule has 1 heterocycles. The second-order valence-electron chi connectivity index (χ2n) is 5.78. The molecule has 0 aliphatic carbocycles. The molecule has 1 aromatic carbocycles. The minimum Gasteiger partial charge on any atom is -0.494 e. The topological polar surface area (TPSA) is 35.0 Å². The van der Waals surface area contributed by atoms with E-state index in [1.54, 1.807) is 0 Å². The van der Waals surface area contributed by atoms with Crippen LogP contribution in [0.4, 0.5) is 0 Å². The predicted molar refractivity (Wildman–Crippen MR) is 98.1 cm³/mol. The Bertz CT molecular complexity index is 651. The van der Waals surface area contributed by atoms with E-state index in [4.69, 9.17) is 4.74 Å². The zero-order valence-corrected chi connectivity index (χ0v) is 14.7. The van der Waals surface area contributed by atoms with Crippen molar-refractivity contribution in [2.24, 2.45) is 0 Å². The fraction of sp³-hybridized carbons (Fsp3) is 0.429. The first-order chi connectivity index (χ1) is 11.8. The van der Waals surface area contributed by atoms with Gasteiger partial charge in [0.15, 0.2) is 0 Å². The molecular formula is C21H26N2O. The molecule has 3 nitrogen and oxygen atoms in total. The second kappa shape index (κ2) is 10.4. The highest BCUT2D eigenvalue weighted by Crippen LogP contribution is 2.11. The van der Waals surface area contributed by atoms with Crippen molar-refractivity contribution in [3.05, 3.63) is 53.3 Å². The molecule has 0 radical (unpaired) electrons. The molecule has 0 aliphatic heterocycles. The maximum atomic E-state index is 5.42. The number of hydrogen-bond donors (Lipinski definition) is 0. The summed E-state index contributed by atoms with van der Waals surface area (Å²) in [4.78, 5) is 0. The summed E-state index contributed by atoms with van der Waals surface area (Å²) < 4.78 is 5.42. The molecule has 2 rings (SSSR count). The van der Waals surface area contributed by atoms with E-state index in [-0.39, 0.29) is 0 Å². The molecule has 1 aromatic heterocycles. The summed E-state index contributed by atoms with van der Waals surface area (Å²) in [7, 11) is 0. The first-order valence-electron chi connectivity index (χ1n) is 8.89. The average molecular weight is 322 g/mol. The highest BCUT2D eigenvalue weighted by atomic mass is 16.5. The molecule has 0 saturated heterocycles. The SMILES string of the molecule is CCCCCCCc1ccc(C#Cc2ccc(OCC)cc2)nn1. The quantitative estimate of drug-likeness (QED) is 0.518. The summed E-state index contributed by atoms with van der Waals surface area (Å²) in [5, 5.41) is 8.48. The van der Waals surface area contributed by atoms with Gasteiger partial charge in [-0.15, -0.1) is 5.10 Å². The number of benzene rings is 1. The Hall–Kier alpha value is -2.34. The van der Waals surface area contributed by atoms with Gasteiger partial charge in [0.2, 0.25) is 0 Å². The molecule has 0 bridgehead atoms. The molecule has 0 amide bonds. The second-order valence-corrected chi connectivity index (χ2v) is 5.78. The minimum absolute atomic E-state index is 0.672. The summed E-state index contributed by atoms with van der Waals surface area (Å²) in [6.07, 6.45) is 7.38. The van der Waals surface area contributed by atoms with Crippen LogP contribution in [0.25, 0.3) is 0 Å². The standard InChI is InChI=1S/C21H26N2O/c1-3-5-6-7-8-9-19-14-15-20(23-22-19)13-10-18-11-16-21(17-12-18)24-4-2/h11-12,14-17H,3-9H2,1-2H3. The van der Waals surface area contributed by atoms with Crippen LogP contribution in [0.2, 0.25) is 0 Å².